The van der Waals surface area contributed by atoms with Gasteiger partial charge in [-0.05, 0) is 38.5 Å². The molecule has 0 radical (unpaired) electrons. The first-order valence-electron chi connectivity index (χ1n) is 8.84. The van der Waals surface area contributed by atoms with Crippen LogP contribution >= 0.6 is 24.0 Å². The van der Waals surface area contributed by atoms with Gasteiger partial charge < -0.3 is 15.1 Å². The highest BCUT2D eigenvalue weighted by atomic mass is 35.5. The third kappa shape index (κ3) is 4.33. The van der Waals surface area contributed by atoms with E-state index >= 15 is 0 Å². The number of amides is 2. The summed E-state index contributed by atoms with van der Waals surface area (Å²) in [5.41, 5.74) is 0.784. The highest BCUT2D eigenvalue weighted by Crippen LogP contribution is 2.31. The first kappa shape index (κ1) is 21.0. The average molecular weight is 400 g/mol. The summed E-state index contributed by atoms with van der Waals surface area (Å²) >= 11 is 6.13. The molecule has 2 fully saturated rings. The van der Waals surface area contributed by atoms with Gasteiger partial charge in [-0.15, -0.1) is 12.4 Å². The van der Waals surface area contributed by atoms with Crippen LogP contribution in [-0.2, 0) is 9.59 Å². The van der Waals surface area contributed by atoms with Crippen LogP contribution in [0.1, 0.15) is 38.8 Å². The predicted molar refractivity (Wildman–Crippen MR) is 106 cm³/mol. The van der Waals surface area contributed by atoms with Crippen LogP contribution in [0.3, 0.4) is 0 Å². The highest BCUT2D eigenvalue weighted by molar-refractivity contribution is 6.30. The Hall–Kier alpha value is -1.30. The van der Waals surface area contributed by atoms with Crippen LogP contribution in [0.15, 0.2) is 24.3 Å². The summed E-state index contributed by atoms with van der Waals surface area (Å²) in [4.78, 5) is 29.3. The Balaban J connectivity index is 0.00000243. The van der Waals surface area contributed by atoms with E-state index in [-0.39, 0.29) is 41.7 Å². The molecule has 26 heavy (non-hydrogen) atoms. The van der Waals surface area contributed by atoms with Crippen LogP contribution in [-0.4, -0.2) is 53.3 Å². The maximum absolute atomic E-state index is 13.2. The van der Waals surface area contributed by atoms with Gasteiger partial charge >= 0.3 is 0 Å². The molecule has 0 saturated carbocycles. The van der Waals surface area contributed by atoms with Gasteiger partial charge in [-0.1, -0.05) is 23.7 Å². The smallest absolute Gasteiger partial charge is 0.228 e. The number of nitrogens with zero attached hydrogens (tertiary/aromatic N) is 2. The standard InChI is InChI=1S/C19H26ClN3O2.ClH/c1-19(2,3)23-12-14(10-17(23)24)18(25)22-8-7-21-11-16(22)13-5-4-6-15(20)9-13;/h4-6,9,14,16,21H,7-8,10-12H2,1-3H3;1H. The molecule has 0 bridgehead atoms. The zero-order valence-corrected chi connectivity index (χ0v) is 17.1. The van der Waals surface area contributed by atoms with Gasteiger partial charge in [-0.25, -0.2) is 0 Å². The number of piperazine rings is 1. The Kier molecular flexibility index (Phi) is 6.59. The number of likely N-dealkylation sites (tertiary alicyclic amines) is 1. The van der Waals surface area contributed by atoms with E-state index in [1.807, 2.05) is 54.8 Å². The topological polar surface area (TPSA) is 52.7 Å². The van der Waals surface area contributed by atoms with E-state index in [2.05, 4.69) is 5.32 Å². The summed E-state index contributed by atoms with van der Waals surface area (Å²) in [6, 6.07) is 7.63. The Morgan fingerprint density at radius 3 is 2.65 bits per heavy atom. The molecule has 2 amide bonds. The zero-order chi connectivity index (χ0) is 18.2. The number of benzene rings is 1. The molecule has 0 aromatic heterocycles. The molecule has 144 valence electrons. The molecule has 7 heteroatoms. The van der Waals surface area contributed by atoms with E-state index in [0.29, 0.717) is 31.1 Å². The lowest BCUT2D eigenvalue weighted by Gasteiger charge is -2.38. The van der Waals surface area contributed by atoms with Crippen molar-refractivity contribution in [3.63, 3.8) is 0 Å². The fraction of sp³-hybridized carbons (Fsp3) is 0.579. The number of nitrogens with one attached hydrogen (secondary N) is 1. The number of carbonyl (C=O) groups is 2. The summed E-state index contributed by atoms with van der Waals surface area (Å²) in [6.45, 7) is 8.66. The van der Waals surface area contributed by atoms with Gasteiger partial charge in [0.1, 0.15) is 0 Å². The summed E-state index contributed by atoms with van der Waals surface area (Å²) in [6.07, 6.45) is 0.308. The third-order valence-corrected chi connectivity index (χ3v) is 5.28. The minimum Gasteiger partial charge on any atom is -0.337 e. The Bertz CT molecular complexity index is 675. The van der Waals surface area contributed by atoms with Crippen molar-refractivity contribution in [2.45, 2.75) is 38.8 Å². The molecule has 2 heterocycles. The first-order valence-corrected chi connectivity index (χ1v) is 9.22. The molecule has 1 N–H and O–H groups in total. The van der Waals surface area contributed by atoms with Gasteiger partial charge in [0.25, 0.3) is 0 Å². The first-order chi connectivity index (χ1) is 11.8. The maximum atomic E-state index is 13.2. The third-order valence-electron chi connectivity index (χ3n) is 5.04. The van der Waals surface area contributed by atoms with Crippen molar-refractivity contribution < 1.29 is 9.59 Å². The summed E-state index contributed by atoms with van der Waals surface area (Å²) < 4.78 is 0. The lowest BCUT2D eigenvalue weighted by atomic mass is 9.99. The van der Waals surface area contributed by atoms with E-state index in [0.717, 1.165) is 12.1 Å². The van der Waals surface area contributed by atoms with Gasteiger partial charge in [-0.3, -0.25) is 9.59 Å². The van der Waals surface area contributed by atoms with Crippen LogP contribution in [0.25, 0.3) is 0 Å². The molecule has 5 nitrogen and oxygen atoms in total. The molecule has 0 aliphatic carbocycles. The molecule has 2 saturated heterocycles. The van der Waals surface area contributed by atoms with E-state index < -0.39 is 0 Å². The Labute approximate surface area is 166 Å². The van der Waals surface area contributed by atoms with Gasteiger partial charge in [-0.2, -0.15) is 0 Å². The van der Waals surface area contributed by atoms with Gasteiger partial charge in [0.15, 0.2) is 0 Å². The van der Waals surface area contributed by atoms with E-state index in [9.17, 15) is 9.59 Å². The van der Waals surface area contributed by atoms with Crippen molar-refractivity contribution in [1.29, 1.82) is 0 Å². The quantitative estimate of drug-likeness (QED) is 0.831. The van der Waals surface area contributed by atoms with Crippen molar-refractivity contribution in [3.05, 3.63) is 34.9 Å². The molecular weight excluding hydrogens is 373 g/mol. The predicted octanol–water partition coefficient (Wildman–Crippen LogP) is 2.88. The summed E-state index contributed by atoms with van der Waals surface area (Å²) in [5, 5.41) is 4.03. The van der Waals surface area contributed by atoms with Gasteiger partial charge in [0.2, 0.25) is 11.8 Å². The number of carbonyl (C=O) groups excluding carboxylic acids is 2. The van der Waals surface area contributed by atoms with Crippen LogP contribution in [0.5, 0.6) is 0 Å². The number of rotatable bonds is 2. The van der Waals surface area contributed by atoms with Crippen LogP contribution < -0.4 is 5.32 Å². The van der Waals surface area contributed by atoms with Crippen LogP contribution in [0.4, 0.5) is 0 Å². The van der Waals surface area contributed by atoms with Gasteiger partial charge in [0.05, 0.1) is 12.0 Å². The molecule has 1 aromatic rings. The largest absolute Gasteiger partial charge is 0.337 e. The second kappa shape index (κ2) is 8.15. The van der Waals surface area contributed by atoms with Crippen molar-refractivity contribution in [2.24, 2.45) is 5.92 Å². The molecule has 2 aliphatic heterocycles. The second-order valence-electron chi connectivity index (χ2n) is 7.88. The molecule has 0 spiro atoms. The minimum atomic E-state index is -0.258. The minimum absolute atomic E-state index is 0. The van der Waals surface area contributed by atoms with Crippen molar-refractivity contribution >= 4 is 35.8 Å². The number of hydrogen-bond acceptors (Lipinski definition) is 3. The van der Waals surface area contributed by atoms with Crippen LogP contribution in [0, 0.1) is 5.92 Å². The van der Waals surface area contributed by atoms with Crippen molar-refractivity contribution in [3.8, 4) is 0 Å². The molecule has 2 atom stereocenters. The molecule has 1 aromatic carbocycles. The summed E-state index contributed by atoms with van der Waals surface area (Å²) in [7, 11) is 0. The van der Waals surface area contributed by atoms with E-state index in [1.54, 1.807) is 0 Å². The second-order valence-corrected chi connectivity index (χ2v) is 8.32. The lowest BCUT2D eigenvalue weighted by Crippen LogP contribution is -2.51. The van der Waals surface area contributed by atoms with Crippen molar-refractivity contribution in [1.82, 2.24) is 15.1 Å². The number of hydrogen-bond donors (Lipinski definition) is 1. The Morgan fingerprint density at radius 2 is 2.04 bits per heavy atom. The average Bonchev–Trinajstić information content (AvgIpc) is 2.96. The van der Waals surface area contributed by atoms with E-state index in [4.69, 9.17) is 11.6 Å². The van der Waals surface area contributed by atoms with Gasteiger partial charge in [0, 0.05) is 43.2 Å². The Morgan fingerprint density at radius 1 is 1.31 bits per heavy atom. The lowest BCUT2D eigenvalue weighted by molar-refractivity contribution is -0.139. The normalized spacial score (nSPS) is 23.8. The molecule has 2 unspecified atom stereocenters. The summed E-state index contributed by atoms with van der Waals surface area (Å²) in [5.74, 6) is -0.113. The number of halogens is 2. The maximum Gasteiger partial charge on any atom is 0.228 e. The fourth-order valence-corrected chi connectivity index (χ4v) is 3.93. The van der Waals surface area contributed by atoms with E-state index in [1.165, 1.54) is 0 Å². The fourth-order valence-electron chi connectivity index (χ4n) is 3.74. The zero-order valence-electron chi connectivity index (χ0n) is 15.5. The van der Waals surface area contributed by atoms with Crippen LogP contribution in [0.2, 0.25) is 5.02 Å². The SMILES string of the molecule is CC(C)(C)N1CC(C(=O)N2CCNCC2c2cccc(Cl)c2)CC1=O.Cl. The molecular formula is C19H27Cl2N3O2. The molecule has 3 rings (SSSR count). The monoisotopic (exact) mass is 399 g/mol. The molecule has 2 aliphatic rings. The van der Waals surface area contributed by atoms with Crippen molar-refractivity contribution in [2.75, 3.05) is 26.2 Å². The highest BCUT2D eigenvalue weighted by Gasteiger charge is 2.42.